The fraction of sp³-hybridized carbons (Fsp3) is 0.294. The van der Waals surface area contributed by atoms with Gasteiger partial charge in [0.1, 0.15) is 11.5 Å². The van der Waals surface area contributed by atoms with Gasteiger partial charge in [0.25, 0.3) is 0 Å². The molecule has 0 saturated heterocycles. The molecule has 0 aromatic heterocycles. The fourth-order valence-electron chi connectivity index (χ4n) is 2.16. The molecular formula is C17H21NO2S. The summed E-state index contributed by atoms with van der Waals surface area (Å²) in [7, 11) is 3.36. The van der Waals surface area contributed by atoms with Crippen LogP contribution in [0.4, 0.5) is 0 Å². The molecule has 0 spiro atoms. The maximum absolute atomic E-state index is 6.20. The van der Waals surface area contributed by atoms with Crippen molar-refractivity contribution in [3.63, 3.8) is 0 Å². The first-order chi connectivity index (χ1) is 10.2. The lowest BCUT2D eigenvalue weighted by atomic mass is 10.1. The molecule has 0 aliphatic heterocycles. The summed E-state index contributed by atoms with van der Waals surface area (Å²) in [5.41, 5.74) is 7.32. The van der Waals surface area contributed by atoms with E-state index >= 15 is 0 Å². The van der Waals surface area contributed by atoms with Crippen molar-refractivity contribution < 1.29 is 9.47 Å². The summed E-state index contributed by atoms with van der Waals surface area (Å²) in [5.74, 6) is 1.73. The Kier molecular flexibility index (Phi) is 5.53. The first kappa shape index (κ1) is 15.7. The Bertz CT molecular complexity index is 569. The van der Waals surface area contributed by atoms with Crippen LogP contribution in [0.2, 0.25) is 0 Å². The zero-order chi connectivity index (χ0) is 15.2. The van der Waals surface area contributed by atoms with Gasteiger partial charge >= 0.3 is 0 Å². The third kappa shape index (κ3) is 3.93. The van der Waals surface area contributed by atoms with Gasteiger partial charge in [0, 0.05) is 16.5 Å². The average Bonchev–Trinajstić information content (AvgIpc) is 2.53. The summed E-state index contributed by atoms with van der Waals surface area (Å²) in [4.78, 5) is 1.16. The molecule has 21 heavy (non-hydrogen) atoms. The van der Waals surface area contributed by atoms with Crippen LogP contribution < -0.4 is 15.2 Å². The molecule has 2 aromatic carbocycles. The van der Waals surface area contributed by atoms with Gasteiger partial charge in [-0.05, 0) is 37.3 Å². The average molecular weight is 303 g/mol. The quantitative estimate of drug-likeness (QED) is 0.822. The van der Waals surface area contributed by atoms with Crippen LogP contribution in [-0.4, -0.2) is 20.3 Å². The van der Waals surface area contributed by atoms with E-state index in [0.29, 0.717) is 0 Å². The van der Waals surface area contributed by atoms with E-state index < -0.39 is 0 Å². The molecule has 0 saturated carbocycles. The van der Waals surface area contributed by atoms with Gasteiger partial charge in [0.05, 0.1) is 19.5 Å². The standard InChI is InChI=1S/C17H21NO2S/c1-12(18)17(15-6-4-5-7-16(15)20-3)21-14-10-8-13(19-2)9-11-14/h4-12,17H,18H2,1-3H3. The lowest BCUT2D eigenvalue weighted by Gasteiger charge is -2.23. The monoisotopic (exact) mass is 303 g/mol. The van der Waals surface area contributed by atoms with Crippen molar-refractivity contribution in [3.05, 3.63) is 54.1 Å². The van der Waals surface area contributed by atoms with Gasteiger partial charge in [0.2, 0.25) is 0 Å². The molecule has 0 fully saturated rings. The number of hydrogen-bond acceptors (Lipinski definition) is 4. The highest BCUT2D eigenvalue weighted by atomic mass is 32.2. The van der Waals surface area contributed by atoms with E-state index in [1.807, 2.05) is 49.4 Å². The van der Waals surface area contributed by atoms with Crippen LogP contribution in [0.25, 0.3) is 0 Å². The Labute approximate surface area is 130 Å². The van der Waals surface area contributed by atoms with E-state index in [4.69, 9.17) is 15.2 Å². The van der Waals surface area contributed by atoms with Crippen molar-refractivity contribution in [2.24, 2.45) is 5.73 Å². The fourth-order valence-corrected chi connectivity index (χ4v) is 3.28. The zero-order valence-corrected chi connectivity index (χ0v) is 13.4. The van der Waals surface area contributed by atoms with Crippen molar-refractivity contribution >= 4 is 11.8 Å². The largest absolute Gasteiger partial charge is 0.497 e. The second-order valence-electron chi connectivity index (χ2n) is 4.82. The molecule has 2 atom stereocenters. The second-order valence-corrected chi connectivity index (χ2v) is 6.03. The van der Waals surface area contributed by atoms with Crippen LogP contribution in [0.15, 0.2) is 53.4 Å². The molecule has 2 unspecified atom stereocenters. The predicted molar refractivity (Wildman–Crippen MR) is 88.2 cm³/mol. The number of nitrogens with two attached hydrogens (primary N) is 1. The molecule has 0 bridgehead atoms. The van der Waals surface area contributed by atoms with Crippen molar-refractivity contribution in [1.29, 1.82) is 0 Å². The highest BCUT2D eigenvalue weighted by Gasteiger charge is 2.21. The normalized spacial score (nSPS) is 13.5. The number of ether oxygens (including phenoxy) is 2. The van der Waals surface area contributed by atoms with Crippen molar-refractivity contribution in [1.82, 2.24) is 0 Å². The number of rotatable bonds is 6. The lowest BCUT2D eigenvalue weighted by molar-refractivity contribution is 0.408. The van der Waals surface area contributed by atoms with E-state index in [0.717, 1.165) is 22.0 Å². The van der Waals surface area contributed by atoms with Gasteiger partial charge in [-0.15, -0.1) is 11.8 Å². The Hall–Kier alpha value is -1.65. The zero-order valence-electron chi connectivity index (χ0n) is 12.6. The van der Waals surface area contributed by atoms with Crippen LogP contribution in [0.5, 0.6) is 11.5 Å². The van der Waals surface area contributed by atoms with Gasteiger partial charge in [-0.25, -0.2) is 0 Å². The lowest BCUT2D eigenvalue weighted by Crippen LogP contribution is -2.23. The van der Waals surface area contributed by atoms with E-state index in [9.17, 15) is 0 Å². The SMILES string of the molecule is COc1ccc(SC(c2ccccc2OC)C(C)N)cc1. The van der Waals surface area contributed by atoms with E-state index in [-0.39, 0.29) is 11.3 Å². The van der Waals surface area contributed by atoms with E-state index in [1.54, 1.807) is 26.0 Å². The third-order valence-electron chi connectivity index (χ3n) is 3.25. The van der Waals surface area contributed by atoms with Crippen LogP contribution in [0, 0.1) is 0 Å². The Morgan fingerprint density at radius 2 is 1.62 bits per heavy atom. The van der Waals surface area contributed by atoms with Crippen molar-refractivity contribution in [3.8, 4) is 11.5 Å². The van der Waals surface area contributed by atoms with Crippen molar-refractivity contribution in [2.45, 2.75) is 23.1 Å². The Morgan fingerprint density at radius 3 is 2.19 bits per heavy atom. The third-order valence-corrected chi connectivity index (χ3v) is 4.73. The second kappa shape index (κ2) is 7.38. The number of benzene rings is 2. The molecule has 4 heteroatoms. The van der Waals surface area contributed by atoms with Gasteiger partial charge in [-0.1, -0.05) is 18.2 Å². The summed E-state index contributed by atoms with van der Waals surface area (Å²) < 4.78 is 10.7. The van der Waals surface area contributed by atoms with Crippen LogP contribution in [-0.2, 0) is 0 Å². The molecule has 112 valence electrons. The summed E-state index contributed by atoms with van der Waals surface area (Å²) in [6.45, 7) is 2.02. The topological polar surface area (TPSA) is 44.5 Å². The number of methoxy groups -OCH3 is 2. The van der Waals surface area contributed by atoms with Crippen LogP contribution >= 0.6 is 11.8 Å². The minimum Gasteiger partial charge on any atom is -0.497 e. The number of thioether (sulfide) groups is 1. The van der Waals surface area contributed by atoms with Gasteiger partial charge < -0.3 is 15.2 Å². The molecule has 2 rings (SSSR count). The van der Waals surface area contributed by atoms with E-state index in [2.05, 4.69) is 6.07 Å². The molecular weight excluding hydrogens is 282 g/mol. The smallest absolute Gasteiger partial charge is 0.123 e. The first-order valence-corrected chi connectivity index (χ1v) is 7.73. The highest BCUT2D eigenvalue weighted by Crippen LogP contribution is 2.41. The Morgan fingerprint density at radius 1 is 0.952 bits per heavy atom. The highest BCUT2D eigenvalue weighted by molar-refractivity contribution is 7.99. The van der Waals surface area contributed by atoms with Gasteiger partial charge in [0.15, 0.2) is 0 Å². The van der Waals surface area contributed by atoms with Crippen molar-refractivity contribution in [2.75, 3.05) is 14.2 Å². The maximum Gasteiger partial charge on any atom is 0.123 e. The maximum atomic E-state index is 6.20. The molecule has 0 aliphatic carbocycles. The van der Waals surface area contributed by atoms with Crippen LogP contribution in [0.3, 0.4) is 0 Å². The van der Waals surface area contributed by atoms with Gasteiger partial charge in [-0.3, -0.25) is 0 Å². The minimum absolute atomic E-state index is 0.00778. The summed E-state index contributed by atoms with van der Waals surface area (Å²) in [6.07, 6.45) is 0. The summed E-state index contributed by atoms with van der Waals surface area (Å²) in [6, 6.07) is 16.1. The number of hydrogen-bond donors (Lipinski definition) is 1. The summed E-state index contributed by atoms with van der Waals surface area (Å²) in [5, 5.41) is 0.134. The van der Waals surface area contributed by atoms with Crippen LogP contribution in [0.1, 0.15) is 17.7 Å². The molecule has 0 amide bonds. The first-order valence-electron chi connectivity index (χ1n) is 6.85. The molecule has 0 aliphatic rings. The van der Waals surface area contributed by atoms with Gasteiger partial charge in [-0.2, -0.15) is 0 Å². The minimum atomic E-state index is 0.00778. The number of para-hydroxylation sites is 1. The molecule has 0 radical (unpaired) electrons. The molecule has 2 N–H and O–H groups in total. The predicted octanol–water partition coefficient (Wildman–Crippen LogP) is 3.88. The molecule has 0 heterocycles. The van der Waals surface area contributed by atoms with E-state index in [1.165, 1.54) is 0 Å². The Balaban J connectivity index is 2.26. The summed E-state index contributed by atoms with van der Waals surface area (Å²) >= 11 is 1.74. The molecule has 3 nitrogen and oxygen atoms in total. The molecule has 2 aromatic rings.